The van der Waals surface area contributed by atoms with Crippen molar-refractivity contribution < 1.29 is 56.4 Å². The smallest absolute Gasteiger partial charge is 0.461 e. The van der Waals surface area contributed by atoms with Crippen LogP contribution < -0.4 is 12.4 Å². The van der Waals surface area contributed by atoms with Crippen LogP contribution in [0.25, 0.3) is 0 Å². The van der Waals surface area contributed by atoms with E-state index in [4.69, 9.17) is 0 Å². The molecular weight excluding hydrogens is 329 g/mol. The van der Waals surface area contributed by atoms with Crippen LogP contribution in [-0.4, -0.2) is 55.6 Å². The van der Waals surface area contributed by atoms with E-state index in [-0.39, 0.29) is 19.3 Å². The van der Waals surface area contributed by atoms with Gasteiger partial charge < -0.3 is 12.4 Å². The summed E-state index contributed by atoms with van der Waals surface area (Å²) in [6.07, 6.45) is -3.73. The van der Waals surface area contributed by atoms with Crippen LogP contribution in [0.5, 0.6) is 0 Å². The first kappa shape index (κ1) is 21.9. The third-order valence-electron chi connectivity index (χ3n) is 2.53. The molecule has 20 heavy (non-hydrogen) atoms. The van der Waals surface area contributed by atoms with E-state index in [1.54, 1.807) is 0 Å². The Labute approximate surface area is 115 Å². The van der Waals surface area contributed by atoms with Gasteiger partial charge in [-0.25, -0.2) is 4.39 Å². The molecule has 0 radical (unpaired) electrons. The average Bonchev–Trinajstić information content (AvgIpc) is 2.14. The summed E-state index contributed by atoms with van der Waals surface area (Å²) in [5.74, 6) is -18.9. The maximum Gasteiger partial charge on any atom is 0.461 e. The van der Waals surface area contributed by atoms with E-state index in [1.165, 1.54) is 0 Å². The standard InChI is InChI=1S/C9H13F9N.ClH/c1-5(10)6(11,12)7(13,14)8(15,16)9(17,18)19(2,3)4;/h5H,1-4H3;1H/q+1;/p-1. The number of quaternary nitrogens is 1. The van der Waals surface area contributed by atoms with Crippen molar-refractivity contribution in [3.63, 3.8) is 0 Å². The number of rotatable bonds is 5. The van der Waals surface area contributed by atoms with Crippen molar-refractivity contribution >= 4 is 0 Å². The van der Waals surface area contributed by atoms with Crippen LogP contribution in [0.3, 0.4) is 0 Å². The van der Waals surface area contributed by atoms with E-state index >= 15 is 0 Å². The summed E-state index contributed by atoms with van der Waals surface area (Å²) in [6, 6.07) is -5.53. The number of hydrogen-bond donors (Lipinski definition) is 0. The molecule has 1 atom stereocenters. The van der Waals surface area contributed by atoms with Gasteiger partial charge in [0.25, 0.3) is 0 Å². The van der Waals surface area contributed by atoms with Crippen LogP contribution in [-0.2, 0) is 0 Å². The Morgan fingerprint density at radius 3 is 1.25 bits per heavy atom. The quantitative estimate of drug-likeness (QED) is 0.389. The molecule has 0 aromatic carbocycles. The Kier molecular flexibility index (Phi) is 5.95. The highest BCUT2D eigenvalue weighted by Gasteiger charge is 2.86. The SMILES string of the molecule is CC(F)C(F)(F)C(F)(F)C(F)(F)C(F)(F)[N+](C)(C)C.[Cl-]. The zero-order valence-electron chi connectivity index (χ0n) is 10.8. The molecule has 0 aromatic heterocycles. The van der Waals surface area contributed by atoms with Gasteiger partial charge in [-0.05, 0) is 6.92 Å². The van der Waals surface area contributed by atoms with Crippen molar-refractivity contribution in [3.8, 4) is 0 Å². The summed E-state index contributed by atoms with van der Waals surface area (Å²) in [6.45, 7) is -0.117. The molecular formula is C9H13ClF9N. The van der Waals surface area contributed by atoms with Gasteiger partial charge in [0, 0.05) is 0 Å². The first-order valence-corrected chi connectivity index (χ1v) is 4.91. The molecule has 0 saturated heterocycles. The molecule has 0 bridgehead atoms. The molecule has 1 nitrogen and oxygen atoms in total. The molecule has 1 unspecified atom stereocenters. The Balaban J connectivity index is 0. The second kappa shape index (κ2) is 5.43. The molecule has 124 valence electrons. The normalized spacial score (nSPS) is 16.6. The summed E-state index contributed by atoms with van der Waals surface area (Å²) in [5.41, 5.74) is 0. The molecule has 0 rings (SSSR count). The fraction of sp³-hybridized carbons (Fsp3) is 1.00. The van der Waals surface area contributed by atoms with Crippen molar-refractivity contribution in [2.75, 3.05) is 21.1 Å². The lowest BCUT2D eigenvalue weighted by atomic mass is 9.98. The Bertz CT molecular complexity index is 335. The maximum absolute atomic E-state index is 13.3. The summed E-state index contributed by atoms with van der Waals surface area (Å²) >= 11 is 0. The molecule has 0 amide bonds. The zero-order valence-corrected chi connectivity index (χ0v) is 11.6. The first-order chi connectivity index (χ1) is 7.94. The van der Waals surface area contributed by atoms with Crippen molar-refractivity contribution in [2.45, 2.75) is 36.9 Å². The average molecular weight is 342 g/mol. The molecule has 0 heterocycles. The van der Waals surface area contributed by atoms with Gasteiger partial charge in [-0.1, -0.05) is 0 Å². The fourth-order valence-electron chi connectivity index (χ4n) is 1.07. The Hall–Kier alpha value is -0.380. The molecule has 0 aliphatic heterocycles. The van der Waals surface area contributed by atoms with Gasteiger partial charge in [0.15, 0.2) is 6.17 Å². The predicted octanol–water partition coefficient (Wildman–Crippen LogP) is 0.553. The van der Waals surface area contributed by atoms with Crippen LogP contribution in [0, 0.1) is 0 Å². The topological polar surface area (TPSA) is 0 Å². The van der Waals surface area contributed by atoms with Crippen LogP contribution >= 0.6 is 0 Å². The fourth-order valence-corrected chi connectivity index (χ4v) is 1.07. The molecule has 0 aromatic rings. The predicted molar refractivity (Wildman–Crippen MR) is 48.4 cm³/mol. The third kappa shape index (κ3) is 2.81. The highest BCUT2D eigenvalue weighted by molar-refractivity contribution is 5.02. The van der Waals surface area contributed by atoms with Gasteiger partial charge in [-0.2, -0.15) is 26.3 Å². The van der Waals surface area contributed by atoms with E-state index in [1.807, 2.05) is 0 Å². The molecule has 0 saturated carbocycles. The minimum absolute atomic E-state index is 0. The van der Waals surface area contributed by atoms with Crippen LogP contribution in [0.4, 0.5) is 39.5 Å². The van der Waals surface area contributed by atoms with Gasteiger partial charge >= 0.3 is 23.8 Å². The van der Waals surface area contributed by atoms with Gasteiger partial charge in [0.2, 0.25) is 0 Å². The Morgan fingerprint density at radius 2 is 1.05 bits per heavy atom. The minimum atomic E-state index is -6.55. The number of hydrogen-bond acceptors (Lipinski definition) is 0. The van der Waals surface area contributed by atoms with Crippen molar-refractivity contribution in [1.29, 1.82) is 0 Å². The number of alkyl halides is 9. The summed E-state index contributed by atoms with van der Waals surface area (Å²) in [7, 11) is 1.25. The van der Waals surface area contributed by atoms with Gasteiger partial charge in [-0.15, -0.1) is 8.78 Å². The molecule has 11 heteroatoms. The van der Waals surface area contributed by atoms with Gasteiger partial charge in [-0.3, -0.25) is 4.48 Å². The Morgan fingerprint density at radius 1 is 0.750 bits per heavy atom. The summed E-state index contributed by atoms with van der Waals surface area (Å²) < 4.78 is 115. The van der Waals surface area contributed by atoms with E-state index in [9.17, 15) is 39.5 Å². The lowest BCUT2D eigenvalue weighted by Gasteiger charge is -2.41. The third-order valence-corrected chi connectivity index (χ3v) is 2.53. The second-order valence-corrected chi connectivity index (χ2v) is 4.94. The van der Waals surface area contributed by atoms with Crippen molar-refractivity contribution in [2.24, 2.45) is 0 Å². The molecule has 0 fully saturated rings. The van der Waals surface area contributed by atoms with E-state index in [0.29, 0.717) is 21.1 Å². The molecule has 0 spiro atoms. The van der Waals surface area contributed by atoms with E-state index in [2.05, 4.69) is 0 Å². The van der Waals surface area contributed by atoms with E-state index < -0.39 is 34.5 Å². The molecule has 0 aliphatic rings. The highest BCUT2D eigenvalue weighted by Crippen LogP contribution is 2.55. The van der Waals surface area contributed by atoms with Crippen LogP contribution in [0.2, 0.25) is 0 Å². The minimum Gasteiger partial charge on any atom is -1.00 e. The monoisotopic (exact) mass is 341 g/mol. The summed E-state index contributed by atoms with van der Waals surface area (Å²) in [4.78, 5) is 0. The first-order valence-electron chi connectivity index (χ1n) is 4.91. The maximum atomic E-state index is 13.3. The second-order valence-electron chi connectivity index (χ2n) is 4.94. The van der Waals surface area contributed by atoms with Gasteiger partial charge in [0.05, 0.1) is 21.1 Å². The van der Waals surface area contributed by atoms with Crippen LogP contribution in [0.1, 0.15) is 6.92 Å². The highest BCUT2D eigenvalue weighted by atomic mass is 35.5. The van der Waals surface area contributed by atoms with Crippen LogP contribution in [0.15, 0.2) is 0 Å². The largest absolute Gasteiger partial charge is 1.00 e. The van der Waals surface area contributed by atoms with Crippen molar-refractivity contribution in [3.05, 3.63) is 0 Å². The lowest BCUT2D eigenvalue weighted by Crippen LogP contribution is -3.00. The molecule has 0 N–H and O–H groups in total. The number of nitrogens with zero attached hydrogens (tertiary/aromatic N) is 1. The lowest BCUT2D eigenvalue weighted by molar-refractivity contribution is -0.975. The van der Waals surface area contributed by atoms with E-state index in [0.717, 1.165) is 0 Å². The van der Waals surface area contributed by atoms with Gasteiger partial charge in [0.1, 0.15) is 0 Å². The zero-order chi connectivity index (χ0) is 16.1. The molecule has 0 aliphatic carbocycles. The summed E-state index contributed by atoms with van der Waals surface area (Å²) in [5, 5.41) is 0. The number of halogens is 10. The van der Waals surface area contributed by atoms with Crippen molar-refractivity contribution in [1.82, 2.24) is 0 Å².